The minimum Gasteiger partial charge on any atom is -0.345 e. The molecule has 5 heteroatoms. The average molecular weight is 146 g/mol. The summed E-state index contributed by atoms with van der Waals surface area (Å²) < 4.78 is 9.76. The van der Waals surface area contributed by atoms with Crippen molar-refractivity contribution < 1.29 is 9.46 Å². The molecular formula is C2H9ClNO2P. The maximum absolute atomic E-state index is 9.76. The molecule has 0 aliphatic rings. The van der Waals surface area contributed by atoms with Gasteiger partial charge in [-0.05, 0) is 6.92 Å². The Bertz CT molecular complexity index is 66.7. The first-order valence-electron chi connectivity index (χ1n) is 1.63. The molecule has 0 amide bonds. The summed E-state index contributed by atoms with van der Waals surface area (Å²) in [6.07, 6.45) is 0. The molecule has 2 atom stereocenters. The molecule has 0 bridgehead atoms. The lowest BCUT2D eigenvalue weighted by Gasteiger charge is -1.92. The Kier molecular flexibility index (Phi) is 6.84. The molecule has 7 heavy (non-hydrogen) atoms. The molecule has 46 valence electrons. The molecule has 0 radical (unpaired) electrons. The zero-order valence-electron chi connectivity index (χ0n) is 3.92. The van der Waals surface area contributed by atoms with E-state index in [1.807, 2.05) is 0 Å². The third kappa shape index (κ3) is 6.44. The molecular weight excluding hydrogens is 136 g/mol. The van der Waals surface area contributed by atoms with E-state index < -0.39 is 13.8 Å². The SMILES string of the molecule is CC(N)[PH](=O)O.Cl. The van der Waals surface area contributed by atoms with Gasteiger partial charge in [0.1, 0.15) is 0 Å². The molecule has 0 aromatic heterocycles. The Balaban J connectivity index is 0. The summed E-state index contributed by atoms with van der Waals surface area (Å²) in [5.74, 6) is -0.546. The predicted molar refractivity (Wildman–Crippen MR) is 32.1 cm³/mol. The van der Waals surface area contributed by atoms with Crippen LogP contribution in [0.2, 0.25) is 0 Å². The fourth-order valence-corrected chi connectivity index (χ4v) is 0. The van der Waals surface area contributed by atoms with Gasteiger partial charge in [-0.2, -0.15) is 0 Å². The third-order valence-electron chi connectivity index (χ3n) is 0.390. The summed E-state index contributed by atoms with van der Waals surface area (Å²) in [7, 11) is -2.42. The van der Waals surface area contributed by atoms with Crippen molar-refractivity contribution in [3.8, 4) is 0 Å². The van der Waals surface area contributed by atoms with Gasteiger partial charge in [0.25, 0.3) is 0 Å². The maximum atomic E-state index is 9.76. The van der Waals surface area contributed by atoms with Crippen molar-refractivity contribution in [2.45, 2.75) is 12.7 Å². The first-order chi connectivity index (χ1) is 2.64. The van der Waals surface area contributed by atoms with Gasteiger partial charge in [0.05, 0.1) is 5.78 Å². The van der Waals surface area contributed by atoms with Crippen molar-refractivity contribution in [2.75, 3.05) is 0 Å². The Morgan fingerprint density at radius 3 is 2.00 bits per heavy atom. The number of hydrogen-bond acceptors (Lipinski definition) is 2. The van der Waals surface area contributed by atoms with Crippen LogP contribution in [0.3, 0.4) is 0 Å². The highest BCUT2D eigenvalue weighted by atomic mass is 35.5. The topological polar surface area (TPSA) is 63.3 Å². The zero-order valence-corrected chi connectivity index (χ0v) is 5.73. The predicted octanol–water partition coefficient (Wildman–Crippen LogP) is 0.180. The van der Waals surface area contributed by atoms with Crippen LogP contribution in [0.4, 0.5) is 0 Å². The molecule has 0 aromatic carbocycles. The van der Waals surface area contributed by atoms with Crippen LogP contribution in [0.5, 0.6) is 0 Å². The van der Waals surface area contributed by atoms with Crippen LogP contribution < -0.4 is 5.73 Å². The molecule has 0 aliphatic carbocycles. The molecule has 3 nitrogen and oxygen atoms in total. The van der Waals surface area contributed by atoms with E-state index in [1.54, 1.807) is 0 Å². The Hall–Kier alpha value is 0.440. The van der Waals surface area contributed by atoms with Gasteiger partial charge in [0.15, 0.2) is 0 Å². The van der Waals surface area contributed by atoms with Crippen molar-refractivity contribution in [2.24, 2.45) is 5.73 Å². The molecule has 0 saturated heterocycles. The van der Waals surface area contributed by atoms with Crippen LogP contribution in [-0.4, -0.2) is 10.7 Å². The van der Waals surface area contributed by atoms with E-state index in [2.05, 4.69) is 0 Å². The van der Waals surface area contributed by atoms with Crippen molar-refractivity contribution in [3.63, 3.8) is 0 Å². The highest BCUT2D eigenvalue weighted by Crippen LogP contribution is 2.15. The Labute approximate surface area is 49.2 Å². The largest absolute Gasteiger partial charge is 0.345 e. The minimum absolute atomic E-state index is 0. The second-order valence-electron chi connectivity index (χ2n) is 1.13. The van der Waals surface area contributed by atoms with E-state index in [0.717, 1.165) is 0 Å². The number of halogens is 1. The summed E-state index contributed by atoms with van der Waals surface area (Å²) in [4.78, 5) is 8.05. The molecule has 0 aliphatic heterocycles. The fourth-order valence-electron chi connectivity index (χ4n) is 0. The summed E-state index contributed by atoms with van der Waals surface area (Å²) in [5.41, 5.74) is 4.92. The van der Waals surface area contributed by atoms with Crippen LogP contribution in [0, 0.1) is 0 Å². The molecule has 2 unspecified atom stereocenters. The molecule has 0 fully saturated rings. The highest BCUT2D eigenvalue weighted by molar-refractivity contribution is 7.38. The van der Waals surface area contributed by atoms with E-state index in [1.165, 1.54) is 6.92 Å². The maximum Gasteiger partial charge on any atom is 0.205 e. The second-order valence-corrected chi connectivity index (χ2v) is 2.71. The third-order valence-corrected chi connectivity index (χ3v) is 1.17. The summed E-state index contributed by atoms with van der Waals surface area (Å²) in [6, 6.07) is 0. The van der Waals surface area contributed by atoms with Gasteiger partial charge in [-0.25, -0.2) is 0 Å². The zero-order chi connectivity index (χ0) is 5.15. The van der Waals surface area contributed by atoms with Gasteiger partial charge < -0.3 is 10.6 Å². The van der Waals surface area contributed by atoms with Gasteiger partial charge in [-0.1, -0.05) is 0 Å². The van der Waals surface area contributed by atoms with Crippen LogP contribution in [0.15, 0.2) is 0 Å². The quantitative estimate of drug-likeness (QED) is 0.518. The minimum atomic E-state index is -2.42. The molecule has 0 spiro atoms. The lowest BCUT2D eigenvalue weighted by Crippen LogP contribution is -2.07. The van der Waals surface area contributed by atoms with Crippen LogP contribution in [0.1, 0.15) is 6.92 Å². The standard InChI is InChI=1S/C2H8NO2P.ClH/c1-2(3)6(4)5;/h2,6H,3H2,1H3,(H,4,5);1H. The molecule has 3 N–H and O–H groups in total. The second kappa shape index (κ2) is 4.60. The molecule has 0 rings (SSSR count). The van der Waals surface area contributed by atoms with Crippen LogP contribution in [0.25, 0.3) is 0 Å². The van der Waals surface area contributed by atoms with Gasteiger partial charge in [-0.3, -0.25) is 4.57 Å². The number of nitrogens with two attached hydrogens (primary N) is 1. The van der Waals surface area contributed by atoms with Crippen molar-refractivity contribution >= 4 is 20.4 Å². The highest BCUT2D eigenvalue weighted by Gasteiger charge is 1.95. The van der Waals surface area contributed by atoms with Gasteiger partial charge in [-0.15, -0.1) is 12.4 Å². The van der Waals surface area contributed by atoms with E-state index in [-0.39, 0.29) is 12.4 Å². The van der Waals surface area contributed by atoms with Crippen molar-refractivity contribution in [1.82, 2.24) is 0 Å². The Morgan fingerprint density at radius 1 is 1.86 bits per heavy atom. The van der Waals surface area contributed by atoms with Gasteiger partial charge >= 0.3 is 0 Å². The summed E-state index contributed by atoms with van der Waals surface area (Å²) >= 11 is 0. The molecule has 0 aromatic rings. The number of rotatable bonds is 1. The summed E-state index contributed by atoms with van der Waals surface area (Å²) in [5, 5.41) is 0. The lowest BCUT2D eigenvalue weighted by molar-refractivity contribution is 0.493. The van der Waals surface area contributed by atoms with E-state index in [4.69, 9.17) is 10.6 Å². The van der Waals surface area contributed by atoms with Gasteiger partial charge in [0.2, 0.25) is 8.03 Å². The van der Waals surface area contributed by atoms with Crippen molar-refractivity contribution in [1.29, 1.82) is 0 Å². The van der Waals surface area contributed by atoms with Crippen molar-refractivity contribution in [3.05, 3.63) is 0 Å². The molecule has 0 saturated carbocycles. The van der Waals surface area contributed by atoms with E-state index in [9.17, 15) is 4.57 Å². The van der Waals surface area contributed by atoms with E-state index >= 15 is 0 Å². The van der Waals surface area contributed by atoms with Crippen LogP contribution >= 0.6 is 20.4 Å². The smallest absolute Gasteiger partial charge is 0.205 e. The number of hydrogen-bond donors (Lipinski definition) is 2. The monoisotopic (exact) mass is 145 g/mol. The van der Waals surface area contributed by atoms with E-state index in [0.29, 0.717) is 0 Å². The first-order valence-corrected chi connectivity index (χ1v) is 3.06. The Morgan fingerprint density at radius 2 is 2.00 bits per heavy atom. The average Bonchev–Trinajstić information content (AvgIpc) is 1.36. The lowest BCUT2D eigenvalue weighted by atomic mass is 10.8. The van der Waals surface area contributed by atoms with Crippen LogP contribution in [-0.2, 0) is 4.57 Å². The van der Waals surface area contributed by atoms with Gasteiger partial charge in [0, 0.05) is 0 Å². The summed E-state index contributed by atoms with van der Waals surface area (Å²) in [6.45, 7) is 1.50. The fraction of sp³-hybridized carbons (Fsp3) is 1.00. The molecule has 0 heterocycles. The normalized spacial score (nSPS) is 17.0. The first kappa shape index (κ1) is 10.4.